The number of carbonyl (C=O) groups is 2. The van der Waals surface area contributed by atoms with Crippen LogP contribution in [-0.4, -0.2) is 63.4 Å². The number of rotatable bonds is 3. The predicted octanol–water partition coefficient (Wildman–Crippen LogP) is 0.691. The third-order valence-corrected chi connectivity index (χ3v) is 7.34. The lowest BCUT2D eigenvalue weighted by molar-refractivity contribution is -0.129. The van der Waals surface area contributed by atoms with Gasteiger partial charge in [-0.3, -0.25) is 9.59 Å². The highest BCUT2D eigenvalue weighted by Gasteiger charge is 2.49. The molecule has 1 fully saturated rings. The molecule has 0 aromatic carbocycles. The van der Waals surface area contributed by atoms with E-state index in [-0.39, 0.29) is 23.6 Å². The number of amides is 1. The topological polar surface area (TPSA) is 84.7 Å². The lowest BCUT2D eigenvalue weighted by Crippen LogP contribution is -2.54. The summed E-state index contributed by atoms with van der Waals surface area (Å²) >= 11 is -0.428. The number of pyridine rings is 2. The first-order chi connectivity index (χ1) is 13.4. The quantitative estimate of drug-likeness (QED) is 0.550. The van der Waals surface area contributed by atoms with Crippen molar-refractivity contribution in [2.45, 2.75) is 24.8 Å². The van der Waals surface area contributed by atoms with E-state index in [4.69, 9.17) is 4.74 Å². The second kappa shape index (κ2) is 7.17. The van der Waals surface area contributed by atoms with Gasteiger partial charge in [0.15, 0.2) is 22.7 Å². The van der Waals surface area contributed by atoms with E-state index in [9.17, 15) is 18.8 Å². The molecule has 0 aliphatic carbocycles. The molecule has 4 heterocycles. The molecule has 1 amide bonds. The second-order valence-electron chi connectivity index (χ2n) is 6.61. The first-order valence-electron chi connectivity index (χ1n) is 9.03. The van der Waals surface area contributed by atoms with Crippen molar-refractivity contribution in [2.75, 3.05) is 32.8 Å². The number of hydrogen-bond donors (Lipinski definition) is 0. The summed E-state index contributed by atoms with van der Waals surface area (Å²) < 4.78 is 23.6. The van der Waals surface area contributed by atoms with Crippen LogP contribution in [0, 0.1) is 5.82 Å². The van der Waals surface area contributed by atoms with Gasteiger partial charge in [-0.05, 0) is 13.0 Å². The molecular formula is C18H20FN4O4S+. The Morgan fingerprint density at radius 3 is 2.64 bits per heavy atom. The molecule has 0 spiro atoms. The number of ether oxygens (including phenoxy) is 1. The number of carbonyl (C=O) groups excluding carboxylic acids is 2. The Balaban J connectivity index is 1.65. The highest BCUT2D eigenvalue weighted by Crippen LogP contribution is 2.37. The molecule has 1 atom stereocenters. The fourth-order valence-corrected chi connectivity index (χ4v) is 5.62. The highest BCUT2D eigenvalue weighted by molar-refractivity contribution is 7.94. The van der Waals surface area contributed by atoms with Gasteiger partial charge in [0, 0.05) is 26.2 Å². The Hall–Kier alpha value is -2.46. The van der Waals surface area contributed by atoms with Crippen molar-refractivity contribution < 1.29 is 18.7 Å². The van der Waals surface area contributed by atoms with Gasteiger partial charge in [0.1, 0.15) is 5.56 Å². The van der Waals surface area contributed by atoms with Crippen molar-refractivity contribution in [3.05, 3.63) is 33.9 Å². The average Bonchev–Trinajstić information content (AvgIpc) is 2.63. The Labute approximate surface area is 163 Å². The van der Waals surface area contributed by atoms with Gasteiger partial charge in [-0.1, -0.05) is 0 Å². The van der Waals surface area contributed by atoms with Crippen LogP contribution in [0.3, 0.4) is 0 Å². The van der Waals surface area contributed by atoms with Gasteiger partial charge < -0.3 is 9.64 Å². The van der Waals surface area contributed by atoms with Crippen molar-refractivity contribution >= 4 is 23.0 Å². The van der Waals surface area contributed by atoms with E-state index in [1.807, 2.05) is 0 Å². The number of nitrogens with zero attached hydrogens (tertiary/aromatic N) is 4. The summed E-state index contributed by atoms with van der Waals surface area (Å²) in [6, 6.07) is 1.17. The molecule has 4 rings (SSSR count). The van der Waals surface area contributed by atoms with Gasteiger partial charge >= 0.3 is 5.97 Å². The third-order valence-electron chi connectivity index (χ3n) is 4.99. The first-order valence-corrected chi connectivity index (χ1v) is 10.4. The van der Waals surface area contributed by atoms with Gasteiger partial charge in [-0.15, -0.1) is 4.31 Å². The number of piperazine rings is 1. The van der Waals surface area contributed by atoms with Crippen LogP contribution < -0.4 is 5.43 Å². The van der Waals surface area contributed by atoms with E-state index in [1.165, 1.54) is 12.3 Å². The van der Waals surface area contributed by atoms with Gasteiger partial charge in [0.25, 0.3) is 5.03 Å². The molecule has 148 valence electrons. The Morgan fingerprint density at radius 1 is 1.29 bits per heavy atom. The number of fused-ring (bicyclic) bond motifs is 3. The molecule has 1 unspecified atom stereocenters. The van der Waals surface area contributed by atoms with E-state index >= 15 is 0 Å². The molecule has 0 saturated carbocycles. The molecule has 4 aliphatic heterocycles. The molecule has 4 aliphatic rings. The zero-order valence-electron chi connectivity index (χ0n) is 15.6. The van der Waals surface area contributed by atoms with Crippen LogP contribution >= 0.6 is 0 Å². The monoisotopic (exact) mass is 407 g/mol. The van der Waals surface area contributed by atoms with Crippen LogP contribution in [0.4, 0.5) is 4.39 Å². The van der Waals surface area contributed by atoms with E-state index in [1.54, 1.807) is 23.3 Å². The molecule has 10 heteroatoms. The van der Waals surface area contributed by atoms with Gasteiger partial charge in [0.2, 0.25) is 17.2 Å². The van der Waals surface area contributed by atoms with Crippen molar-refractivity contribution in [3.63, 3.8) is 0 Å². The minimum Gasteiger partial charge on any atom is -0.462 e. The van der Waals surface area contributed by atoms with E-state index < -0.39 is 28.3 Å². The van der Waals surface area contributed by atoms with Crippen LogP contribution in [0.1, 0.15) is 24.2 Å². The summed E-state index contributed by atoms with van der Waals surface area (Å²) in [6.45, 7) is 5.95. The lowest BCUT2D eigenvalue weighted by atomic mass is 10.1. The fraction of sp³-hybridized carbons (Fsp3) is 0.444. The van der Waals surface area contributed by atoms with E-state index in [0.29, 0.717) is 42.9 Å². The minimum atomic E-state index is -0.752. The molecule has 0 aromatic heterocycles. The molecule has 0 radical (unpaired) electrons. The average molecular weight is 407 g/mol. The fourth-order valence-electron chi connectivity index (χ4n) is 3.52. The molecule has 0 N–H and O–H groups in total. The Kier molecular flexibility index (Phi) is 4.84. The molecular weight excluding hydrogens is 387 g/mol. The van der Waals surface area contributed by atoms with Gasteiger partial charge in [-0.2, -0.15) is 4.39 Å². The van der Waals surface area contributed by atoms with Crippen molar-refractivity contribution in [2.24, 2.45) is 0 Å². The summed E-state index contributed by atoms with van der Waals surface area (Å²) in [5, 5.41) is 0.513. The summed E-state index contributed by atoms with van der Waals surface area (Å²) in [7, 11) is 0. The molecule has 1 saturated heterocycles. The first kappa shape index (κ1) is 18.9. The van der Waals surface area contributed by atoms with Gasteiger partial charge in [-0.25, -0.2) is 14.3 Å². The van der Waals surface area contributed by atoms with E-state index in [2.05, 4.69) is 9.29 Å². The largest absolute Gasteiger partial charge is 0.462 e. The van der Waals surface area contributed by atoms with Gasteiger partial charge in [0.05, 0.1) is 25.3 Å². The minimum absolute atomic E-state index is 0.0492. The Bertz CT molecular complexity index is 986. The summed E-state index contributed by atoms with van der Waals surface area (Å²) in [5.74, 6) is -0.266. The third kappa shape index (κ3) is 2.96. The standard InChI is InChI=1S/C18H20FN4O4S/c1-3-27-18(26)13-9-20-16-12(15(13)25)8-14(19)17-23(16)10-28(17)22-6-4-21(5-7-22)11(2)24/h8-9H,3-7,10H2,1-2H3/q+1. The lowest BCUT2D eigenvalue weighted by Gasteiger charge is -2.36. The second-order valence-corrected chi connectivity index (χ2v) is 8.50. The highest BCUT2D eigenvalue weighted by atomic mass is 32.2. The molecule has 28 heavy (non-hydrogen) atoms. The number of halogens is 1. The van der Waals surface area contributed by atoms with Crippen LogP contribution in [0.25, 0.3) is 11.4 Å². The van der Waals surface area contributed by atoms with Crippen molar-refractivity contribution in [1.29, 1.82) is 0 Å². The SMILES string of the molecule is CCOC(=O)c1cnc2n3c(c(F)cc-2c1=O)[S+](N1CCN(C(C)=O)CC1)C3. The molecule has 0 bridgehead atoms. The maximum absolute atomic E-state index is 14.8. The van der Waals surface area contributed by atoms with E-state index in [0.717, 1.165) is 0 Å². The maximum atomic E-state index is 14.8. The van der Waals surface area contributed by atoms with Crippen molar-refractivity contribution in [3.8, 4) is 11.4 Å². The Morgan fingerprint density at radius 2 is 2.00 bits per heavy atom. The smallest absolute Gasteiger partial charge is 0.343 e. The van der Waals surface area contributed by atoms with Crippen LogP contribution in [-0.2, 0) is 26.5 Å². The number of esters is 1. The van der Waals surface area contributed by atoms with Crippen LogP contribution in [0.2, 0.25) is 0 Å². The van der Waals surface area contributed by atoms with Crippen LogP contribution in [0.5, 0.6) is 0 Å². The zero-order valence-corrected chi connectivity index (χ0v) is 16.4. The summed E-state index contributed by atoms with van der Waals surface area (Å²) in [5.41, 5.74) is -0.677. The predicted molar refractivity (Wildman–Crippen MR) is 100 cm³/mol. The summed E-state index contributed by atoms with van der Waals surface area (Å²) in [4.78, 5) is 42.0. The zero-order chi connectivity index (χ0) is 20.0. The molecule has 0 aromatic rings. The maximum Gasteiger partial charge on any atom is 0.343 e. The summed E-state index contributed by atoms with van der Waals surface area (Å²) in [6.07, 6.45) is 1.20. The normalized spacial score (nSPS) is 19.2. The number of aromatic nitrogens is 2. The molecule has 8 nitrogen and oxygen atoms in total. The number of hydrogen-bond acceptors (Lipinski definition) is 6. The van der Waals surface area contributed by atoms with Crippen LogP contribution in [0.15, 0.2) is 22.1 Å². The van der Waals surface area contributed by atoms with Crippen molar-refractivity contribution in [1.82, 2.24) is 18.8 Å².